The van der Waals surface area contributed by atoms with Gasteiger partial charge in [-0.15, -0.1) is 0 Å². The summed E-state index contributed by atoms with van der Waals surface area (Å²) in [5, 5.41) is 3.74. The number of hydrogen-bond donors (Lipinski definition) is 1. The number of carbonyl (C=O) groups excluding carboxylic acids is 1. The van der Waals surface area contributed by atoms with Crippen LogP contribution in [0.5, 0.6) is 0 Å². The largest absolute Gasteiger partial charge is 0.323 e. The van der Waals surface area contributed by atoms with Crippen LogP contribution in [0.2, 0.25) is 0 Å². The molecule has 1 aromatic rings. The summed E-state index contributed by atoms with van der Waals surface area (Å²) in [6, 6.07) is 1.90. The van der Waals surface area contributed by atoms with Gasteiger partial charge < -0.3 is 5.32 Å². The molecule has 0 spiro atoms. The van der Waals surface area contributed by atoms with Gasteiger partial charge in [0.15, 0.2) is 0 Å². The molecule has 1 aliphatic rings. The molecular formula is C9H10N2OS. The summed E-state index contributed by atoms with van der Waals surface area (Å²) >= 11 is 1.51. The Morgan fingerprint density at radius 3 is 3.15 bits per heavy atom. The van der Waals surface area contributed by atoms with Crippen LogP contribution in [0.3, 0.4) is 0 Å². The van der Waals surface area contributed by atoms with Crippen molar-refractivity contribution in [3.8, 4) is 0 Å². The Balaban J connectivity index is 2.48. The van der Waals surface area contributed by atoms with Crippen LogP contribution in [0, 0.1) is 6.92 Å². The quantitative estimate of drug-likeness (QED) is 0.685. The molecule has 3 nitrogen and oxygen atoms in total. The van der Waals surface area contributed by atoms with Gasteiger partial charge in [-0.3, -0.25) is 4.79 Å². The van der Waals surface area contributed by atoms with Crippen LogP contribution in [0.25, 0.3) is 0 Å². The molecule has 0 saturated heterocycles. The Bertz CT molecular complexity index is 365. The minimum Gasteiger partial charge on any atom is -0.323 e. The Labute approximate surface area is 80.9 Å². The van der Waals surface area contributed by atoms with E-state index in [0.717, 1.165) is 16.3 Å². The van der Waals surface area contributed by atoms with Gasteiger partial charge in [-0.2, -0.15) is 0 Å². The number of anilines is 1. The van der Waals surface area contributed by atoms with Crippen molar-refractivity contribution < 1.29 is 4.79 Å². The molecule has 0 saturated carbocycles. The van der Waals surface area contributed by atoms with Crippen molar-refractivity contribution in [1.29, 1.82) is 0 Å². The van der Waals surface area contributed by atoms with Gasteiger partial charge in [0.1, 0.15) is 5.03 Å². The zero-order valence-electron chi connectivity index (χ0n) is 7.50. The zero-order chi connectivity index (χ0) is 9.42. The van der Waals surface area contributed by atoms with E-state index in [1.54, 1.807) is 6.20 Å². The lowest BCUT2D eigenvalue weighted by atomic mass is 10.2. The van der Waals surface area contributed by atoms with Crippen LogP contribution in [0.1, 0.15) is 12.5 Å². The Hall–Kier alpha value is -1.03. The Kier molecular flexibility index (Phi) is 2.00. The molecule has 4 heteroatoms. The second-order valence-corrected chi connectivity index (χ2v) is 4.39. The van der Waals surface area contributed by atoms with E-state index in [4.69, 9.17) is 0 Å². The predicted octanol–water partition coefficient (Wildman–Crippen LogP) is 1.82. The Morgan fingerprint density at radius 1 is 1.62 bits per heavy atom. The lowest BCUT2D eigenvalue weighted by molar-refractivity contribution is -0.115. The third-order valence-electron chi connectivity index (χ3n) is 2.03. The third-order valence-corrected chi connectivity index (χ3v) is 3.13. The summed E-state index contributed by atoms with van der Waals surface area (Å²) < 4.78 is 0. The summed E-state index contributed by atoms with van der Waals surface area (Å²) in [5.74, 6) is 0.0635. The number of aromatic nitrogens is 1. The Morgan fingerprint density at radius 2 is 2.38 bits per heavy atom. The minimum absolute atomic E-state index is 0.0400. The number of nitrogens with one attached hydrogen (secondary N) is 1. The fourth-order valence-corrected chi connectivity index (χ4v) is 2.17. The first kappa shape index (κ1) is 8.56. The van der Waals surface area contributed by atoms with Gasteiger partial charge in [0.05, 0.1) is 10.9 Å². The summed E-state index contributed by atoms with van der Waals surface area (Å²) in [6.45, 7) is 3.85. The zero-order valence-corrected chi connectivity index (χ0v) is 8.31. The van der Waals surface area contributed by atoms with Crippen LogP contribution >= 0.6 is 11.8 Å². The molecule has 0 radical (unpaired) electrons. The number of rotatable bonds is 0. The van der Waals surface area contributed by atoms with Crippen LogP contribution in [-0.2, 0) is 4.79 Å². The summed E-state index contributed by atoms with van der Waals surface area (Å²) in [7, 11) is 0. The van der Waals surface area contributed by atoms with E-state index in [1.165, 1.54) is 11.8 Å². The average molecular weight is 194 g/mol. The van der Waals surface area contributed by atoms with Gasteiger partial charge in [0.2, 0.25) is 5.91 Å². The van der Waals surface area contributed by atoms with E-state index < -0.39 is 0 Å². The number of aryl methyl sites for hydroxylation is 1. The summed E-state index contributed by atoms with van der Waals surface area (Å²) in [4.78, 5) is 15.6. The van der Waals surface area contributed by atoms with Gasteiger partial charge in [-0.1, -0.05) is 11.8 Å². The van der Waals surface area contributed by atoms with Crippen LogP contribution in [-0.4, -0.2) is 16.1 Å². The molecule has 2 rings (SSSR count). The minimum atomic E-state index is -0.0400. The molecule has 1 unspecified atom stereocenters. The number of amides is 1. The van der Waals surface area contributed by atoms with Gasteiger partial charge in [-0.05, 0) is 25.5 Å². The molecule has 13 heavy (non-hydrogen) atoms. The van der Waals surface area contributed by atoms with Crippen molar-refractivity contribution in [2.45, 2.75) is 24.1 Å². The van der Waals surface area contributed by atoms with E-state index in [1.807, 2.05) is 19.9 Å². The maximum absolute atomic E-state index is 11.3. The molecule has 1 atom stereocenters. The molecule has 1 N–H and O–H groups in total. The van der Waals surface area contributed by atoms with Crippen LogP contribution < -0.4 is 5.32 Å². The highest BCUT2D eigenvalue weighted by molar-refractivity contribution is 8.00. The molecule has 1 aliphatic heterocycles. The number of carbonyl (C=O) groups is 1. The van der Waals surface area contributed by atoms with Crippen molar-refractivity contribution in [3.05, 3.63) is 17.8 Å². The first-order valence-corrected chi connectivity index (χ1v) is 4.99. The topological polar surface area (TPSA) is 42.0 Å². The molecule has 68 valence electrons. The SMILES string of the molecule is Cc1ccnc2c1NC(=O)C(C)S2. The van der Waals surface area contributed by atoms with Crippen LogP contribution in [0.4, 0.5) is 5.69 Å². The molecule has 2 heterocycles. The van der Waals surface area contributed by atoms with E-state index in [9.17, 15) is 4.79 Å². The number of pyridine rings is 1. The van der Waals surface area contributed by atoms with Crippen molar-refractivity contribution in [1.82, 2.24) is 4.98 Å². The monoisotopic (exact) mass is 194 g/mol. The second kappa shape index (κ2) is 3.03. The number of nitrogens with zero attached hydrogens (tertiary/aromatic N) is 1. The maximum atomic E-state index is 11.3. The van der Waals surface area contributed by atoms with E-state index in [0.29, 0.717) is 0 Å². The lowest BCUT2D eigenvalue weighted by Gasteiger charge is -2.21. The predicted molar refractivity (Wildman–Crippen MR) is 52.9 cm³/mol. The first-order chi connectivity index (χ1) is 6.18. The fraction of sp³-hybridized carbons (Fsp3) is 0.333. The first-order valence-electron chi connectivity index (χ1n) is 4.11. The molecule has 0 aromatic carbocycles. The molecular weight excluding hydrogens is 184 g/mol. The highest BCUT2D eigenvalue weighted by Crippen LogP contribution is 2.35. The van der Waals surface area contributed by atoms with Crippen molar-refractivity contribution in [2.75, 3.05) is 5.32 Å². The fourth-order valence-electron chi connectivity index (χ4n) is 1.22. The molecule has 1 aromatic heterocycles. The number of hydrogen-bond acceptors (Lipinski definition) is 3. The van der Waals surface area contributed by atoms with E-state index >= 15 is 0 Å². The molecule has 1 amide bonds. The van der Waals surface area contributed by atoms with Gasteiger partial charge >= 0.3 is 0 Å². The smallest absolute Gasteiger partial charge is 0.237 e. The molecule has 0 bridgehead atoms. The highest BCUT2D eigenvalue weighted by atomic mass is 32.2. The van der Waals surface area contributed by atoms with Crippen LogP contribution in [0.15, 0.2) is 17.3 Å². The number of fused-ring (bicyclic) bond motifs is 1. The maximum Gasteiger partial charge on any atom is 0.237 e. The van der Waals surface area contributed by atoms with Gasteiger partial charge in [-0.25, -0.2) is 4.98 Å². The summed E-state index contributed by atoms with van der Waals surface area (Å²) in [6.07, 6.45) is 1.77. The second-order valence-electron chi connectivity index (χ2n) is 3.06. The molecule has 0 fully saturated rings. The lowest BCUT2D eigenvalue weighted by Crippen LogP contribution is -2.27. The van der Waals surface area contributed by atoms with Gasteiger partial charge in [0.25, 0.3) is 0 Å². The normalized spacial score (nSPS) is 20.8. The standard InChI is InChI=1S/C9H10N2OS/c1-5-3-4-10-9-7(5)11-8(12)6(2)13-9/h3-4,6H,1-2H3,(H,11,12). The highest BCUT2D eigenvalue weighted by Gasteiger charge is 2.24. The summed E-state index contributed by atoms with van der Waals surface area (Å²) in [5.41, 5.74) is 1.94. The molecule has 0 aliphatic carbocycles. The van der Waals surface area contributed by atoms with E-state index in [-0.39, 0.29) is 11.2 Å². The third kappa shape index (κ3) is 1.42. The van der Waals surface area contributed by atoms with E-state index in [2.05, 4.69) is 10.3 Å². The van der Waals surface area contributed by atoms with Gasteiger partial charge in [0, 0.05) is 6.20 Å². The van der Waals surface area contributed by atoms with Crippen molar-refractivity contribution in [3.63, 3.8) is 0 Å². The average Bonchev–Trinajstić information content (AvgIpc) is 2.09. The van der Waals surface area contributed by atoms with Crippen molar-refractivity contribution in [2.24, 2.45) is 0 Å². The van der Waals surface area contributed by atoms with Crippen molar-refractivity contribution >= 4 is 23.4 Å². The number of thioether (sulfide) groups is 1.